The molecule has 1 N–H and O–H groups in total. The molecule has 5 rings (SSSR count). The van der Waals surface area contributed by atoms with Gasteiger partial charge in [-0.3, -0.25) is 24.2 Å². The van der Waals surface area contributed by atoms with Gasteiger partial charge in [-0.2, -0.15) is 0 Å². The maximum atomic E-state index is 13.9. The number of para-hydroxylation sites is 1. The monoisotopic (exact) mass is 477 g/mol. The number of carbonyl (C=O) groups excluding carboxylic acids is 3. The number of carbonyl (C=O) groups is 3. The molecule has 0 radical (unpaired) electrons. The van der Waals surface area contributed by atoms with Gasteiger partial charge < -0.3 is 5.32 Å². The number of hydrogen-bond donors (Lipinski definition) is 1. The van der Waals surface area contributed by atoms with Crippen molar-refractivity contribution in [2.75, 3.05) is 27.4 Å². The highest BCUT2D eigenvalue weighted by molar-refractivity contribution is 8.02. The van der Waals surface area contributed by atoms with Crippen LogP contribution in [0, 0.1) is 6.92 Å². The molecule has 1 spiro atoms. The molecule has 2 heterocycles. The maximum absolute atomic E-state index is 13.9. The van der Waals surface area contributed by atoms with E-state index in [1.165, 1.54) is 21.6 Å². The highest BCUT2D eigenvalue weighted by atomic mass is 35.5. The molecular weight excluding hydrogens is 458 g/mol. The second-order valence-electron chi connectivity index (χ2n) is 7.96. The first-order chi connectivity index (χ1) is 15.9. The molecule has 2 aliphatic rings. The van der Waals surface area contributed by atoms with Crippen LogP contribution in [0.4, 0.5) is 17.1 Å². The van der Waals surface area contributed by atoms with Crippen LogP contribution in [0.5, 0.6) is 0 Å². The Bertz CT molecular complexity index is 1280. The normalized spacial score (nSPS) is 19.3. The third-order valence-corrected chi connectivity index (χ3v) is 7.39. The van der Waals surface area contributed by atoms with Gasteiger partial charge in [-0.25, -0.2) is 0 Å². The zero-order valence-corrected chi connectivity index (χ0v) is 19.3. The number of fused-ring (bicyclic) bond motifs is 2. The summed E-state index contributed by atoms with van der Waals surface area (Å²) in [5, 5.41) is 3.32. The topological polar surface area (TPSA) is 69.7 Å². The Morgan fingerprint density at radius 1 is 1.06 bits per heavy atom. The van der Waals surface area contributed by atoms with Crippen molar-refractivity contribution < 1.29 is 14.4 Å². The first kappa shape index (κ1) is 21.6. The van der Waals surface area contributed by atoms with Crippen LogP contribution in [-0.4, -0.2) is 30.0 Å². The molecule has 166 valence electrons. The number of benzene rings is 3. The minimum Gasteiger partial charge on any atom is -0.325 e. The lowest BCUT2D eigenvalue weighted by Gasteiger charge is -2.33. The van der Waals surface area contributed by atoms with E-state index in [0.717, 1.165) is 5.56 Å². The van der Waals surface area contributed by atoms with Gasteiger partial charge in [0.2, 0.25) is 16.7 Å². The smallest absolute Gasteiger partial charge is 0.269 e. The van der Waals surface area contributed by atoms with Crippen LogP contribution in [0.25, 0.3) is 0 Å². The van der Waals surface area contributed by atoms with E-state index >= 15 is 0 Å². The van der Waals surface area contributed by atoms with Gasteiger partial charge >= 0.3 is 0 Å². The summed E-state index contributed by atoms with van der Waals surface area (Å²) in [6.45, 7) is 1.81. The standard InChI is InChI=1S/C25H20ClN3O3S/c1-16-9-11-18(12-10-16)27-22(30)14-28-21-8-3-2-7-20(21)25(24(28)32)29(23(31)15-33-25)19-6-4-5-17(26)13-19/h2-13H,14-15H2,1H3,(H,27,30). The molecule has 1 fully saturated rings. The van der Waals surface area contributed by atoms with Gasteiger partial charge in [-0.15, -0.1) is 11.8 Å². The van der Waals surface area contributed by atoms with E-state index in [1.54, 1.807) is 30.3 Å². The number of rotatable bonds is 4. The fourth-order valence-electron chi connectivity index (χ4n) is 4.31. The van der Waals surface area contributed by atoms with E-state index in [-0.39, 0.29) is 30.0 Å². The highest BCUT2D eigenvalue weighted by Crippen LogP contribution is 2.55. The molecule has 33 heavy (non-hydrogen) atoms. The number of anilines is 3. The molecule has 0 saturated carbocycles. The predicted octanol–water partition coefficient (Wildman–Crippen LogP) is 4.57. The second kappa shape index (κ2) is 8.24. The van der Waals surface area contributed by atoms with Gasteiger partial charge in [-0.1, -0.05) is 53.6 Å². The van der Waals surface area contributed by atoms with Crippen molar-refractivity contribution in [2.45, 2.75) is 11.8 Å². The van der Waals surface area contributed by atoms with E-state index in [0.29, 0.717) is 27.6 Å². The number of thioether (sulfide) groups is 1. The molecule has 0 aromatic heterocycles. The SMILES string of the molecule is Cc1ccc(NC(=O)CN2C(=O)C3(SCC(=O)N3c3cccc(Cl)c3)c3ccccc32)cc1. The summed E-state index contributed by atoms with van der Waals surface area (Å²) >= 11 is 7.46. The Balaban J connectivity index is 1.51. The molecule has 2 aliphatic heterocycles. The molecule has 3 aromatic carbocycles. The number of amides is 3. The molecule has 6 nitrogen and oxygen atoms in total. The Morgan fingerprint density at radius 2 is 1.82 bits per heavy atom. The summed E-state index contributed by atoms with van der Waals surface area (Å²) in [5.41, 5.74) is 3.60. The Hall–Kier alpha value is -3.29. The first-order valence-corrected chi connectivity index (χ1v) is 11.8. The van der Waals surface area contributed by atoms with Crippen molar-refractivity contribution in [3.05, 3.63) is 88.9 Å². The average molecular weight is 478 g/mol. The van der Waals surface area contributed by atoms with Crippen molar-refractivity contribution in [2.24, 2.45) is 0 Å². The molecule has 1 unspecified atom stereocenters. The number of hydrogen-bond acceptors (Lipinski definition) is 4. The third kappa shape index (κ3) is 3.57. The van der Waals surface area contributed by atoms with Crippen LogP contribution in [-0.2, 0) is 19.3 Å². The minimum absolute atomic E-state index is 0.149. The van der Waals surface area contributed by atoms with E-state index in [2.05, 4.69) is 5.32 Å². The summed E-state index contributed by atoms with van der Waals surface area (Å²) in [7, 11) is 0. The fraction of sp³-hybridized carbons (Fsp3) is 0.160. The van der Waals surface area contributed by atoms with E-state index in [9.17, 15) is 14.4 Å². The summed E-state index contributed by atoms with van der Waals surface area (Å²) in [6, 6.07) is 21.7. The summed E-state index contributed by atoms with van der Waals surface area (Å²) in [4.78, 5) is 41.5. The van der Waals surface area contributed by atoms with Gasteiger partial charge in [0.05, 0.1) is 11.4 Å². The van der Waals surface area contributed by atoms with Crippen molar-refractivity contribution in [3.63, 3.8) is 0 Å². The maximum Gasteiger partial charge on any atom is 0.269 e. The number of nitrogens with one attached hydrogen (secondary N) is 1. The molecule has 0 bridgehead atoms. The Morgan fingerprint density at radius 3 is 2.58 bits per heavy atom. The van der Waals surface area contributed by atoms with Crippen molar-refractivity contribution in [3.8, 4) is 0 Å². The van der Waals surface area contributed by atoms with Crippen LogP contribution in [0.1, 0.15) is 11.1 Å². The summed E-state index contributed by atoms with van der Waals surface area (Å²) < 4.78 is 0. The fourth-order valence-corrected chi connectivity index (χ4v) is 5.85. The van der Waals surface area contributed by atoms with Crippen molar-refractivity contribution in [1.29, 1.82) is 0 Å². The quantitative estimate of drug-likeness (QED) is 0.597. The van der Waals surface area contributed by atoms with Crippen molar-refractivity contribution >= 4 is 58.1 Å². The van der Waals surface area contributed by atoms with E-state index < -0.39 is 4.87 Å². The zero-order valence-electron chi connectivity index (χ0n) is 17.7. The van der Waals surface area contributed by atoms with Crippen molar-refractivity contribution in [1.82, 2.24) is 0 Å². The third-order valence-electron chi connectivity index (χ3n) is 5.77. The largest absolute Gasteiger partial charge is 0.325 e. The van der Waals surface area contributed by atoms with Gasteiger partial charge in [0.25, 0.3) is 5.91 Å². The average Bonchev–Trinajstić information content (AvgIpc) is 3.26. The highest BCUT2D eigenvalue weighted by Gasteiger charge is 2.61. The molecule has 0 aliphatic carbocycles. The lowest BCUT2D eigenvalue weighted by molar-refractivity contribution is -0.124. The lowest BCUT2D eigenvalue weighted by atomic mass is 10.0. The molecule has 3 amide bonds. The van der Waals surface area contributed by atoms with Gasteiger partial charge in [-0.05, 0) is 43.3 Å². The Kier molecular flexibility index (Phi) is 5.38. The van der Waals surface area contributed by atoms with Crippen LogP contribution >= 0.6 is 23.4 Å². The van der Waals surface area contributed by atoms with Crippen LogP contribution in [0.2, 0.25) is 5.02 Å². The number of halogens is 1. The van der Waals surface area contributed by atoms with Gasteiger partial charge in [0.15, 0.2) is 0 Å². The number of aryl methyl sites for hydroxylation is 1. The second-order valence-corrected chi connectivity index (χ2v) is 9.57. The molecular formula is C25H20ClN3O3S. The molecule has 3 aromatic rings. The molecule has 1 saturated heterocycles. The van der Waals surface area contributed by atoms with Gasteiger partial charge in [0.1, 0.15) is 6.54 Å². The van der Waals surface area contributed by atoms with Crippen LogP contribution in [0.15, 0.2) is 72.8 Å². The van der Waals surface area contributed by atoms with Crippen LogP contribution in [0.3, 0.4) is 0 Å². The van der Waals surface area contributed by atoms with E-state index in [1.807, 2.05) is 49.4 Å². The van der Waals surface area contributed by atoms with E-state index in [4.69, 9.17) is 11.6 Å². The van der Waals surface area contributed by atoms with Crippen LogP contribution < -0.4 is 15.1 Å². The predicted molar refractivity (Wildman–Crippen MR) is 132 cm³/mol. The lowest BCUT2D eigenvalue weighted by Crippen LogP contribution is -2.50. The Labute approximate surface area is 200 Å². The molecule has 1 atom stereocenters. The molecule has 8 heteroatoms. The minimum atomic E-state index is -1.28. The number of nitrogens with zero attached hydrogens (tertiary/aromatic N) is 2. The summed E-state index contributed by atoms with van der Waals surface area (Å²) in [6.07, 6.45) is 0. The summed E-state index contributed by atoms with van der Waals surface area (Å²) in [5.74, 6) is -0.673. The first-order valence-electron chi connectivity index (χ1n) is 10.4. The van der Waals surface area contributed by atoms with Gasteiger partial charge in [0, 0.05) is 22.0 Å². The zero-order chi connectivity index (χ0) is 23.2.